The molecule has 2 aliphatic heterocycles. The van der Waals surface area contributed by atoms with Gasteiger partial charge in [0.15, 0.2) is 0 Å². The SMILES string of the molecule is COC(=O)C1(C2=CCNCC2)CCOCC1.Cl. The topological polar surface area (TPSA) is 47.6 Å². The number of ether oxygens (including phenoxy) is 2. The summed E-state index contributed by atoms with van der Waals surface area (Å²) in [7, 11) is 1.47. The highest BCUT2D eigenvalue weighted by molar-refractivity contribution is 5.85. The van der Waals surface area contributed by atoms with E-state index in [-0.39, 0.29) is 18.4 Å². The number of nitrogens with one attached hydrogen (secondary N) is 1. The average Bonchev–Trinajstić information content (AvgIpc) is 2.39. The van der Waals surface area contributed by atoms with Gasteiger partial charge in [-0.25, -0.2) is 0 Å². The summed E-state index contributed by atoms with van der Waals surface area (Å²) in [6, 6.07) is 0. The van der Waals surface area contributed by atoms with Crippen molar-refractivity contribution in [3.05, 3.63) is 11.6 Å². The first-order chi connectivity index (χ1) is 7.79. The van der Waals surface area contributed by atoms with Gasteiger partial charge in [0, 0.05) is 19.8 Å². The number of rotatable bonds is 2. The highest BCUT2D eigenvalue weighted by Gasteiger charge is 2.44. The Morgan fingerprint density at radius 3 is 2.71 bits per heavy atom. The van der Waals surface area contributed by atoms with E-state index in [1.807, 2.05) is 0 Å². The number of halogens is 1. The molecule has 98 valence electrons. The van der Waals surface area contributed by atoms with Gasteiger partial charge in [0.25, 0.3) is 0 Å². The highest BCUT2D eigenvalue weighted by Crippen LogP contribution is 2.41. The third-order valence-corrected chi connectivity index (χ3v) is 3.60. The van der Waals surface area contributed by atoms with Crippen molar-refractivity contribution in [1.82, 2.24) is 5.32 Å². The molecule has 0 atom stereocenters. The van der Waals surface area contributed by atoms with E-state index >= 15 is 0 Å². The molecule has 2 heterocycles. The monoisotopic (exact) mass is 261 g/mol. The largest absolute Gasteiger partial charge is 0.468 e. The fraction of sp³-hybridized carbons (Fsp3) is 0.750. The highest BCUT2D eigenvalue weighted by atomic mass is 35.5. The van der Waals surface area contributed by atoms with E-state index in [4.69, 9.17) is 9.47 Å². The molecule has 0 spiro atoms. The van der Waals surface area contributed by atoms with Crippen LogP contribution in [0.3, 0.4) is 0 Å². The van der Waals surface area contributed by atoms with Gasteiger partial charge < -0.3 is 14.8 Å². The smallest absolute Gasteiger partial charge is 0.316 e. The lowest BCUT2D eigenvalue weighted by atomic mass is 9.71. The van der Waals surface area contributed by atoms with Crippen LogP contribution in [0, 0.1) is 5.41 Å². The first kappa shape index (κ1) is 14.5. The summed E-state index contributed by atoms with van der Waals surface area (Å²) in [5.74, 6) is -0.0936. The molecule has 5 heteroatoms. The van der Waals surface area contributed by atoms with Crippen molar-refractivity contribution >= 4 is 18.4 Å². The first-order valence-corrected chi connectivity index (χ1v) is 5.86. The molecule has 17 heavy (non-hydrogen) atoms. The summed E-state index contributed by atoms with van der Waals surface area (Å²) < 4.78 is 10.4. The van der Waals surface area contributed by atoms with E-state index in [9.17, 15) is 4.79 Å². The van der Waals surface area contributed by atoms with Crippen LogP contribution in [0.15, 0.2) is 11.6 Å². The minimum atomic E-state index is -0.408. The summed E-state index contributed by atoms with van der Waals surface area (Å²) in [6.07, 6.45) is 4.60. The number of hydrogen-bond donors (Lipinski definition) is 1. The second-order valence-electron chi connectivity index (χ2n) is 4.37. The van der Waals surface area contributed by atoms with Gasteiger partial charge in [0.1, 0.15) is 0 Å². The molecule has 1 fully saturated rings. The third-order valence-electron chi connectivity index (χ3n) is 3.60. The lowest BCUT2D eigenvalue weighted by molar-refractivity contribution is -0.155. The number of esters is 1. The van der Waals surface area contributed by atoms with Crippen LogP contribution in [-0.4, -0.2) is 39.4 Å². The number of carbonyl (C=O) groups is 1. The Bertz CT molecular complexity index is 298. The van der Waals surface area contributed by atoms with Gasteiger partial charge in [-0.05, 0) is 25.8 Å². The van der Waals surface area contributed by atoms with Gasteiger partial charge in [0.05, 0.1) is 12.5 Å². The second kappa shape index (κ2) is 6.38. The molecule has 0 aromatic heterocycles. The van der Waals surface area contributed by atoms with Gasteiger partial charge in [-0.3, -0.25) is 4.79 Å². The van der Waals surface area contributed by atoms with Crippen molar-refractivity contribution in [1.29, 1.82) is 0 Å². The fourth-order valence-corrected chi connectivity index (χ4v) is 2.63. The van der Waals surface area contributed by atoms with Crippen LogP contribution in [0.4, 0.5) is 0 Å². The van der Waals surface area contributed by atoms with Crippen LogP contribution in [0.1, 0.15) is 19.3 Å². The van der Waals surface area contributed by atoms with Crippen molar-refractivity contribution in [3.8, 4) is 0 Å². The molecule has 0 saturated carbocycles. The molecular weight excluding hydrogens is 242 g/mol. The summed E-state index contributed by atoms with van der Waals surface area (Å²) in [5.41, 5.74) is 0.830. The van der Waals surface area contributed by atoms with E-state index in [0.29, 0.717) is 13.2 Å². The fourth-order valence-electron chi connectivity index (χ4n) is 2.63. The summed E-state index contributed by atoms with van der Waals surface area (Å²) >= 11 is 0. The minimum Gasteiger partial charge on any atom is -0.468 e. The predicted molar refractivity (Wildman–Crippen MR) is 67.3 cm³/mol. The molecule has 1 saturated heterocycles. The van der Waals surface area contributed by atoms with E-state index in [1.165, 1.54) is 12.7 Å². The Morgan fingerprint density at radius 2 is 2.18 bits per heavy atom. The Labute approximate surface area is 108 Å². The number of carbonyl (C=O) groups excluding carboxylic acids is 1. The van der Waals surface area contributed by atoms with E-state index in [2.05, 4.69) is 11.4 Å². The second-order valence-corrected chi connectivity index (χ2v) is 4.37. The third kappa shape index (κ3) is 2.81. The average molecular weight is 262 g/mol. The van der Waals surface area contributed by atoms with E-state index in [1.54, 1.807) is 0 Å². The Kier molecular flexibility index (Phi) is 5.43. The molecule has 0 unspecified atom stereocenters. The van der Waals surface area contributed by atoms with Gasteiger partial charge in [-0.2, -0.15) is 0 Å². The molecule has 0 bridgehead atoms. The zero-order valence-electron chi connectivity index (χ0n) is 10.2. The zero-order chi connectivity index (χ0) is 11.4. The van der Waals surface area contributed by atoms with Gasteiger partial charge in [-0.15, -0.1) is 12.4 Å². The Morgan fingerprint density at radius 1 is 1.47 bits per heavy atom. The van der Waals surface area contributed by atoms with Crippen LogP contribution >= 0.6 is 12.4 Å². The maximum absolute atomic E-state index is 12.0. The van der Waals surface area contributed by atoms with Crippen LogP contribution < -0.4 is 5.32 Å². The standard InChI is InChI=1S/C12H19NO3.ClH/c1-15-11(14)12(4-8-16-9-5-12)10-2-6-13-7-3-10;/h2,13H,3-9H2,1H3;1H. The Balaban J connectivity index is 0.00000144. The van der Waals surface area contributed by atoms with E-state index in [0.717, 1.165) is 32.4 Å². The summed E-state index contributed by atoms with van der Waals surface area (Å²) in [6.45, 7) is 3.11. The predicted octanol–water partition coefficient (Wildman–Crippen LogP) is 1.30. The van der Waals surface area contributed by atoms with Gasteiger partial charge >= 0.3 is 5.97 Å². The molecule has 0 aromatic carbocycles. The van der Waals surface area contributed by atoms with Gasteiger partial charge in [0.2, 0.25) is 0 Å². The maximum Gasteiger partial charge on any atom is 0.316 e. The van der Waals surface area contributed by atoms with Crippen molar-refractivity contribution < 1.29 is 14.3 Å². The lowest BCUT2D eigenvalue weighted by Crippen LogP contribution is -2.42. The molecule has 2 rings (SSSR count). The molecule has 0 amide bonds. The van der Waals surface area contributed by atoms with Crippen LogP contribution in [0.2, 0.25) is 0 Å². The Hall–Kier alpha value is -0.580. The van der Waals surface area contributed by atoms with Crippen molar-refractivity contribution in [3.63, 3.8) is 0 Å². The van der Waals surface area contributed by atoms with E-state index < -0.39 is 5.41 Å². The summed E-state index contributed by atoms with van der Waals surface area (Å²) in [5, 5.41) is 3.27. The maximum atomic E-state index is 12.0. The summed E-state index contributed by atoms with van der Waals surface area (Å²) in [4.78, 5) is 12.0. The van der Waals surface area contributed by atoms with Crippen molar-refractivity contribution in [2.75, 3.05) is 33.4 Å². The minimum absolute atomic E-state index is 0. The quantitative estimate of drug-likeness (QED) is 0.601. The van der Waals surface area contributed by atoms with Gasteiger partial charge in [-0.1, -0.05) is 11.6 Å². The zero-order valence-corrected chi connectivity index (χ0v) is 11.0. The number of hydrogen-bond acceptors (Lipinski definition) is 4. The van der Waals surface area contributed by atoms with Crippen molar-refractivity contribution in [2.24, 2.45) is 5.41 Å². The molecule has 2 aliphatic rings. The van der Waals surface area contributed by atoms with Crippen LogP contribution in [0.5, 0.6) is 0 Å². The van der Waals surface area contributed by atoms with Crippen molar-refractivity contribution in [2.45, 2.75) is 19.3 Å². The number of methoxy groups -OCH3 is 1. The lowest BCUT2D eigenvalue weighted by Gasteiger charge is -2.38. The molecule has 1 N–H and O–H groups in total. The van der Waals surface area contributed by atoms with Crippen LogP contribution in [-0.2, 0) is 14.3 Å². The van der Waals surface area contributed by atoms with Crippen LogP contribution in [0.25, 0.3) is 0 Å². The molecule has 0 radical (unpaired) electrons. The normalized spacial score (nSPS) is 23.2. The molecule has 4 nitrogen and oxygen atoms in total. The molecule has 0 aliphatic carbocycles. The molecule has 0 aromatic rings. The molecular formula is C12H20ClNO3. The first-order valence-electron chi connectivity index (χ1n) is 5.86.